The van der Waals surface area contributed by atoms with Gasteiger partial charge in [-0.15, -0.1) is 0 Å². The summed E-state index contributed by atoms with van der Waals surface area (Å²) in [6.45, 7) is 1.89. The van der Waals surface area contributed by atoms with Gasteiger partial charge >= 0.3 is 12.0 Å². The summed E-state index contributed by atoms with van der Waals surface area (Å²) in [7, 11) is 0. The van der Waals surface area contributed by atoms with Crippen LogP contribution in [0, 0.1) is 0 Å². The van der Waals surface area contributed by atoms with Gasteiger partial charge in [-0.25, -0.2) is 9.59 Å². The molecular formula is C12H20N2O3. The molecule has 0 aliphatic heterocycles. The van der Waals surface area contributed by atoms with Gasteiger partial charge < -0.3 is 15.7 Å². The third-order valence-electron chi connectivity index (χ3n) is 2.79. The van der Waals surface area contributed by atoms with Crippen molar-refractivity contribution in [3.63, 3.8) is 0 Å². The quantitative estimate of drug-likeness (QED) is 0.639. The van der Waals surface area contributed by atoms with Gasteiger partial charge in [-0.3, -0.25) is 0 Å². The van der Waals surface area contributed by atoms with Crippen molar-refractivity contribution in [2.45, 2.75) is 51.1 Å². The van der Waals surface area contributed by atoms with Gasteiger partial charge in [-0.05, 0) is 25.7 Å². The van der Waals surface area contributed by atoms with Crippen molar-refractivity contribution in [1.82, 2.24) is 10.6 Å². The largest absolute Gasteiger partial charge is 0.480 e. The van der Waals surface area contributed by atoms with Crippen LogP contribution in [0.25, 0.3) is 0 Å². The normalized spacial score (nSPS) is 20.6. The predicted octanol–water partition coefficient (Wildman–Crippen LogP) is 1.65. The highest BCUT2D eigenvalue weighted by Crippen LogP contribution is 2.10. The standard InChI is InChI=1S/C12H20N2O3/c1-2-6-10(11(15)16)14-12(17)13-9-7-4-3-5-8-9/h3-4,9-10H,2,5-8H2,1H3,(H,15,16)(H2,13,14,17)/t9?,10-/m1/s1. The number of nitrogens with one attached hydrogen (secondary N) is 2. The van der Waals surface area contributed by atoms with E-state index in [1.165, 1.54) is 0 Å². The van der Waals surface area contributed by atoms with Crippen molar-refractivity contribution in [2.75, 3.05) is 0 Å². The summed E-state index contributed by atoms with van der Waals surface area (Å²) in [5.41, 5.74) is 0. The molecule has 0 bridgehead atoms. The lowest BCUT2D eigenvalue weighted by atomic mass is 10.0. The smallest absolute Gasteiger partial charge is 0.326 e. The fraction of sp³-hybridized carbons (Fsp3) is 0.667. The number of hydrogen-bond donors (Lipinski definition) is 3. The molecule has 1 aliphatic carbocycles. The molecule has 3 N–H and O–H groups in total. The third kappa shape index (κ3) is 4.89. The lowest BCUT2D eigenvalue weighted by Crippen LogP contribution is -2.49. The lowest BCUT2D eigenvalue weighted by Gasteiger charge is -2.21. The summed E-state index contributed by atoms with van der Waals surface area (Å²) in [6, 6.07) is -1.05. The number of carboxylic acid groups (broad SMARTS) is 1. The molecule has 1 unspecified atom stereocenters. The molecule has 5 nitrogen and oxygen atoms in total. The van der Waals surface area contributed by atoms with Crippen molar-refractivity contribution >= 4 is 12.0 Å². The molecule has 0 radical (unpaired) electrons. The molecule has 0 heterocycles. The number of urea groups is 1. The van der Waals surface area contributed by atoms with Gasteiger partial charge in [0.2, 0.25) is 0 Å². The molecule has 1 rings (SSSR count). The first-order valence-corrected chi connectivity index (χ1v) is 6.08. The maximum Gasteiger partial charge on any atom is 0.326 e. The van der Waals surface area contributed by atoms with Crippen LogP contribution in [0.1, 0.15) is 39.0 Å². The van der Waals surface area contributed by atoms with E-state index in [0.717, 1.165) is 25.7 Å². The summed E-state index contributed by atoms with van der Waals surface area (Å²) in [6.07, 6.45) is 8.00. The average Bonchev–Trinajstić information content (AvgIpc) is 2.29. The fourth-order valence-electron chi connectivity index (χ4n) is 1.86. The van der Waals surface area contributed by atoms with E-state index in [0.29, 0.717) is 6.42 Å². The zero-order chi connectivity index (χ0) is 12.7. The number of aliphatic carboxylic acids is 1. The predicted molar refractivity (Wildman–Crippen MR) is 64.8 cm³/mol. The molecule has 1 aliphatic rings. The van der Waals surface area contributed by atoms with E-state index >= 15 is 0 Å². The summed E-state index contributed by atoms with van der Waals surface area (Å²) in [4.78, 5) is 22.5. The second-order valence-electron chi connectivity index (χ2n) is 4.28. The van der Waals surface area contributed by atoms with Gasteiger partial charge in [0.15, 0.2) is 0 Å². The van der Waals surface area contributed by atoms with Crippen LogP contribution in [0.5, 0.6) is 0 Å². The molecule has 2 amide bonds. The highest BCUT2D eigenvalue weighted by atomic mass is 16.4. The molecule has 0 spiro atoms. The maximum atomic E-state index is 11.6. The molecule has 0 aromatic rings. The molecule has 2 atom stereocenters. The zero-order valence-corrected chi connectivity index (χ0v) is 10.1. The number of hydrogen-bond acceptors (Lipinski definition) is 2. The Hall–Kier alpha value is -1.52. The maximum absolute atomic E-state index is 11.6. The molecule has 0 aromatic carbocycles. The summed E-state index contributed by atoms with van der Waals surface area (Å²) in [5.74, 6) is -0.981. The van der Waals surface area contributed by atoms with Crippen LogP contribution in [0.4, 0.5) is 4.79 Å². The van der Waals surface area contributed by atoms with Gasteiger partial charge in [0.25, 0.3) is 0 Å². The Bertz CT molecular complexity index is 302. The number of rotatable bonds is 5. The molecule has 0 saturated carbocycles. The van der Waals surface area contributed by atoms with Crippen molar-refractivity contribution in [2.24, 2.45) is 0 Å². The van der Waals surface area contributed by atoms with E-state index in [9.17, 15) is 9.59 Å². The van der Waals surface area contributed by atoms with Gasteiger partial charge in [0.05, 0.1) is 0 Å². The number of amides is 2. The first-order chi connectivity index (χ1) is 8.13. The van der Waals surface area contributed by atoms with Gasteiger partial charge in [-0.1, -0.05) is 25.5 Å². The van der Waals surface area contributed by atoms with Gasteiger partial charge in [0, 0.05) is 6.04 Å². The minimum atomic E-state index is -0.981. The van der Waals surface area contributed by atoms with E-state index in [4.69, 9.17) is 5.11 Å². The van der Waals surface area contributed by atoms with Crippen LogP contribution < -0.4 is 10.6 Å². The summed E-state index contributed by atoms with van der Waals surface area (Å²) >= 11 is 0. The van der Waals surface area contributed by atoms with Crippen LogP contribution in [0.15, 0.2) is 12.2 Å². The van der Waals surface area contributed by atoms with E-state index < -0.39 is 12.0 Å². The Kier molecular flexibility index (Phi) is 5.52. The fourth-order valence-corrected chi connectivity index (χ4v) is 1.86. The Labute approximate surface area is 101 Å². The molecule has 0 fully saturated rings. The molecule has 17 heavy (non-hydrogen) atoms. The Balaban J connectivity index is 2.36. The van der Waals surface area contributed by atoms with Crippen LogP contribution in [0.3, 0.4) is 0 Å². The SMILES string of the molecule is CCC[C@@H](NC(=O)NC1CC=CCC1)C(=O)O. The van der Waals surface area contributed by atoms with Gasteiger partial charge in [0.1, 0.15) is 6.04 Å². The van der Waals surface area contributed by atoms with Crippen LogP contribution in [-0.2, 0) is 4.79 Å². The first kappa shape index (κ1) is 13.5. The van der Waals surface area contributed by atoms with Crippen LogP contribution >= 0.6 is 0 Å². The molecule has 96 valence electrons. The lowest BCUT2D eigenvalue weighted by molar-refractivity contribution is -0.139. The van der Waals surface area contributed by atoms with Crippen molar-refractivity contribution < 1.29 is 14.7 Å². The summed E-state index contributed by atoms with van der Waals surface area (Å²) < 4.78 is 0. The minimum absolute atomic E-state index is 0.121. The van der Waals surface area contributed by atoms with E-state index in [2.05, 4.69) is 16.7 Å². The van der Waals surface area contributed by atoms with Crippen molar-refractivity contribution in [3.8, 4) is 0 Å². The Morgan fingerprint density at radius 3 is 2.76 bits per heavy atom. The summed E-state index contributed by atoms with van der Waals surface area (Å²) in [5, 5.41) is 14.2. The number of carbonyl (C=O) groups is 2. The molecule has 5 heteroatoms. The highest BCUT2D eigenvalue weighted by Gasteiger charge is 2.20. The molecular weight excluding hydrogens is 220 g/mol. The van der Waals surface area contributed by atoms with Crippen molar-refractivity contribution in [1.29, 1.82) is 0 Å². The van der Waals surface area contributed by atoms with Crippen LogP contribution in [0.2, 0.25) is 0 Å². The van der Waals surface area contributed by atoms with Crippen molar-refractivity contribution in [3.05, 3.63) is 12.2 Å². The van der Waals surface area contributed by atoms with E-state index in [1.807, 2.05) is 13.0 Å². The molecule has 0 saturated heterocycles. The molecule has 0 aromatic heterocycles. The van der Waals surface area contributed by atoms with E-state index in [-0.39, 0.29) is 12.1 Å². The number of carboxylic acids is 1. The van der Waals surface area contributed by atoms with Crippen LogP contribution in [-0.4, -0.2) is 29.2 Å². The zero-order valence-electron chi connectivity index (χ0n) is 10.1. The minimum Gasteiger partial charge on any atom is -0.480 e. The number of carbonyl (C=O) groups excluding carboxylic acids is 1. The topological polar surface area (TPSA) is 78.4 Å². The van der Waals surface area contributed by atoms with E-state index in [1.54, 1.807) is 0 Å². The second-order valence-corrected chi connectivity index (χ2v) is 4.28. The Morgan fingerprint density at radius 2 is 2.24 bits per heavy atom. The second kappa shape index (κ2) is 6.93. The number of allylic oxidation sites excluding steroid dienone is 1. The first-order valence-electron chi connectivity index (χ1n) is 6.08. The van der Waals surface area contributed by atoms with Gasteiger partial charge in [-0.2, -0.15) is 0 Å². The highest BCUT2D eigenvalue weighted by molar-refractivity contribution is 5.82. The average molecular weight is 240 g/mol. The monoisotopic (exact) mass is 240 g/mol. The Morgan fingerprint density at radius 1 is 1.47 bits per heavy atom. The third-order valence-corrected chi connectivity index (χ3v) is 2.79.